The lowest BCUT2D eigenvalue weighted by atomic mass is 9.65. The van der Waals surface area contributed by atoms with Crippen LogP contribution in [0.1, 0.15) is 67.2 Å². The third-order valence-corrected chi connectivity index (χ3v) is 6.28. The molecule has 0 bridgehead atoms. The zero-order chi connectivity index (χ0) is 15.1. The highest BCUT2D eigenvalue weighted by atomic mass is 16.5. The molecular formula is C18H34O2. The number of rotatable bonds is 5. The van der Waals surface area contributed by atoms with E-state index in [4.69, 9.17) is 4.74 Å². The highest BCUT2D eigenvalue weighted by Gasteiger charge is 2.47. The van der Waals surface area contributed by atoms with Gasteiger partial charge < -0.3 is 9.84 Å². The molecule has 2 rings (SSSR count). The molecule has 0 saturated heterocycles. The lowest BCUT2D eigenvalue weighted by Gasteiger charge is -2.49. The second-order valence-corrected chi connectivity index (χ2v) is 8.63. The maximum Gasteiger partial charge on any atom is 0.0685 e. The number of ether oxygens (including phenoxy) is 1. The Kier molecular flexibility index (Phi) is 4.57. The number of hydrogen-bond acceptors (Lipinski definition) is 2. The molecule has 2 aliphatic rings. The molecule has 0 heterocycles. The fourth-order valence-electron chi connectivity index (χ4n) is 4.40. The molecule has 20 heavy (non-hydrogen) atoms. The standard InChI is InChI=1S/C18H34O2/c1-12(2)15-8-10-18(15,6)20-11-13(3)14-7-9-17(4,5)16(14)19/h12-16,19H,7-11H2,1-6H3. The first kappa shape index (κ1) is 16.3. The number of aliphatic hydroxyl groups is 1. The average molecular weight is 282 g/mol. The quantitative estimate of drug-likeness (QED) is 0.816. The molecule has 0 amide bonds. The molecule has 2 nitrogen and oxygen atoms in total. The molecule has 0 aromatic carbocycles. The fourth-order valence-corrected chi connectivity index (χ4v) is 4.40. The zero-order valence-electron chi connectivity index (χ0n) is 14.3. The third kappa shape index (κ3) is 2.92. The van der Waals surface area contributed by atoms with Crippen LogP contribution in [-0.2, 0) is 4.74 Å². The van der Waals surface area contributed by atoms with Gasteiger partial charge in [-0.1, -0.05) is 34.6 Å². The topological polar surface area (TPSA) is 29.5 Å². The summed E-state index contributed by atoms with van der Waals surface area (Å²) in [5, 5.41) is 10.5. The van der Waals surface area contributed by atoms with Crippen molar-refractivity contribution in [1.29, 1.82) is 0 Å². The minimum absolute atomic E-state index is 0.0831. The van der Waals surface area contributed by atoms with Crippen LogP contribution in [0, 0.1) is 29.1 Å². The van der Waals surface area contributed by atoms with Gasteiger partial charge >= 0.3 is 0 Å². The van der Waals surface area contributed by atoms with Crippen LogP contribution < -0.4 is 0 Å². The van der Waals surface area contributed by atoms with E-state index in [1.54, 1.807) is 0 Å². The van der Waals surface area contributed by atoms with Crippen LogP contribution in [0.2, 0.25) is 0 Å². The SMILES string of the molecule is CC(C)C1CCC1(C)OCC(C)C1CCC(C)(C)C1O. The normalized spacial score (nSPS) is 41.7. The number of aliphatic hydroxyl groups excluding tert-OH is 1. The summed E-state index contributed by atoms with van der Waals surface area (Å²) < 4.78 is 6.32. The summed E-state index contributed by atoms with van der Waals surface area (Å²) in [6, 6.07) is 0. The Hall–Kier alpha value is -0.0800. The lowest BCUT2D eigenvalue weighted by Crippen LogP contribution is -2.50. The summed E-state index contributed by atoms with van der Waals surface area (Å²) in [5.41, 5.74) is 0.168. The van der Waals surface area contributed by atoms with E-state index in [1.807, 2.05) is 0 Å². The van der Waals surface area contributed by atoms with E-state index in [-0.39, 0.29) is 17.1 Å². The Bertz CT molecular complexity index is 336. The van der Waals surface area contributed by atoms with Gasteiger partial charge in [-0.25, -0.2) is 0 Å². The van der Waals surface area contributed by atoms with Crippen LogP contribution in [0.4, 0.5) is 0 Å². The summed E-state index contributed by atoms with van der Waals surface area (Å²) >= 11 is 0. The van der Waals surface area contributed by atoms with Gasteiger partial charge in [0.25, 0.3) is 0 Å². The smallest absolute Gasteiger partial charge is 0.0685 e. The molecule has 0 aliphatic heterocycles. The van der Waals surface area contributed by atoms with Crippen LogP contribution in [-0.4, -0.2) is 23.4 Å². The van der Waals surface area contributed by atoms with Crippen LogP contribution >= 0.6 is 0 Å². The van der Waals surface area contributed by atoms with Gasteiger partial charge in [0, 0.05) is 0 Å². The van der Waals surface area contributed by atoms with Gasteiger partial charge in [0.2, 0.25) is 0 Å². The number of hydrogen-bond donors (Lipinski definition) is 1. The van der Waals surface area contributed by atoms with E-state index in [0.29, 0.717) is 23.7 Å². The van der Waals surface area contributed by atoms with E-state index in [2.05, 4.69) is 41.5 Å². The average Bonchev–Trinajstić information content (AvgIpc) is 2.59. The molecule has 2 saturated carbocycles. The second kappa shape index (κ2) is 5.61. The summed E-state index contributed by atoms with van der Waals surface area (Å²) in [5.74, 6) is 2.28. The predicted octanol–water partition coefficient (Wildman–Crippen LogP) is 4.26. The van der Waals surface area contributed by atoms with Gasteiger partial charge in [-0.3, -0.25) is 0 Å². The van der Waals surface area contributed by atoms with Crippen molar-refractivity contribution in [3.63, 3.8) is 0 Å². The maximum atomic E-state index is 10.5. The maximum absolute atomic E-state index is 10.5. The highest BCUT2D eigenvalue weighted by molar-refractivity contribution is 4.97. The largest absolute Gasteiger partial charge is 0.392 e. The van der Waals surface area contributed by atoms with Crippen LogP contribution in [0.25, 0.3) is 0 Å². The van der Waals surface area contributed by atoms with E-state index in [1.165, 1.54) is 12.8 Å². The summed E-state index contributed by atoms with van der Waals surface area (Å²) in [6.45, 7) is 14.3. The van der Waals surface area contributed by atoms with Crippen molar-refractivity contribution in [2.75, 3.05) is 6.61 Å². The predicted molar refractivity (Wildman–Crippen MR) is 83.6 cm³/mol. The van der Waals surface area contributed by atoms with Crippen molar-refractivity contribution in [3.8, 4) is 0 Å². The van der Waals surface area contributed by atoms with E-state index < -0.39 is 0 Å². The van der Waals surface area contributed by atoms with Crippen molar-refractivity contribution >= 4 is 0 Å². The third-order valence-electron chi connectivity index (χ3n) is 6.28. The Balaban J connectivity index is 1.86. The van der Waals surface area contributed by atoms with Gasteiger partial charge in [0.05, 0.1) is 18.3 Å². The van der Waals surface area contributed by atoms with Crippen molar-refractivity contribution in [1.82, 2.24) is 0 Å². The first-order valence-electron chi connectivity index (χ1n) is 8.49. The zero-order valence-corrected chi connectivity index (χ0v) is 14.3. The van der Waals surface area contributed by atoms with Crippen LogP contribution in [0.3, 0.4) is 0 Å². The van der Waals surface area contributed by atoms with Gasteiger partial charge in [0.15, 0.2) is 0 Å². The molecule has 5 unspecified atom stereocenters. The second-order valence-electron chi connectivity index (χ2n) is 8.63. The van der Waals surface area contributed by atoms with E-state index in [9.17, 15) is 5.11 Å². The first-order chi connectivity index (χ1) is 9.17. The minimum atomic E-state index is -0.170. The van der Waals surface area contributed by atoms with Crippen molar-refractivity contribution in [3.05, 3.63) is 0 Å². The Labute approximate surface area is 125 Å². The molecular weight excluding hydrogens is 248 g/mol. The molecule has 0 aromatic rings. The fraction of sp³-hybridized carbons (Fsp3) is 1.00. The molecule has 2 aliphatic carbocycles. The van der Waals surface area contributed by atoms with E-state index >= 15 is 0 Å². The Morgan fingerprint density at radius 3 is 2.15 bits per heavy atom. The lowest BCUT2D eigenvalue weighted by molar-refractivity contribution is -0.160. The molecule has 2 heteroatoms. The van der Waals surface area contributed by atoms with Crippen LogP contribution in [0.15, 0.2) is 0 Å². The Morgan fingerprint density at radius 2 is 1.75 bits per heavy atom. The molecule has 0 aromatic heterocycles. The summed E-state index contributed by atoms with van der Waals surface area (Å²) in [4.78, 5) is 0. The van der Waals surface area contributed by atoms with Gasteiger partial charge in [-0.2, -0.15) is 0 Å². The van der Waals surface area contributed by atoms with Gasteiger partial charge in [0.1, 0.15) is 0 Å². The highest BCUT2D eigenvalue weighted by Crippen LogP contribution is 2.48. The van der Waals surface area contributed by atoms with Crippen molar-refractivity contribution in [2.24, 2.45) is 29.1 Å². The van der Waals surface area contributed by atoms with Gasteiger partial charge in [-0.05, 0) is 61.7 Å². The van der Waals surface area contributed by atoms with Crippen molar-refractivity contribution < 1.29 is 9.84 Å². The molecule has 2 fully saturated rings. The summed E-state index contributed by atoms with van der Waals surface area (Å²) in [6.07, 6.45) is 4.61. The van der Waals surface area contributed by atoms with Crippen LogP contribution in [0.5, 0.6) is 0 Å². The molecule has 118 valence electrons. The van der Waals surface area contributed by atoms with Gasteiger partial charge in [-0.15, -0.1) is 0 Å². The minimum Gasteiger partial charge on any atom is -0.392 e. The summed E-state index contributed by atoms with van der Waals surface area (Å²) in [7, 11) is 0. The Morgan fingerprint density at radius 1 is 1.10 bits per heavy atom. The monoisotopic (exact) mass is 282 g/mol. The molecule has 5 atom stereocenters. The molecule has 0 radical (unpaired) electrons. The molecule has 0 spiro atoms. The first-order valence-corrected chi connectivity index (χ1v) is 8.49. The van der Waals surface area contributed by atoms with E-state index in [0.717, 1.165) is 19.4 Å². The van der Waals surface area contributed by atoms with Crippen molar-refractivity contribution in [2.45, 2.75) is 78.9 Å². The molecule has 1 N–H and O–H groups in total.